The first kappa shape index (κ1) is 19.7. The fourth-order valence-electron chi connectivity index (χ4n) is 3.59. The molecule has 152 valence electrons. The second-order valence-electron chi connectivity index (χ2n) is 8.10. The van der Waals surface area contributed by atoms with Gasteiger partial charge in [-0.05, 0) is 50.1 Å². The summed E-state index contributed by atoms with van der Waals surface area (Å²) in [6.45, 7) is 5.64. The van der Waals surface area contributed by atoms with Gasteiger partial charge in [0.15, 0.2) is 0 Å². The average Bonchev–Trinajstić information content (AvgIpc) is 2.93. The van der Waals surface area contributed by atoms with Crippen molar-refractivity contribution in [1.82, 2.24) is 19.9 Å². The summed E-state index contributed by atoms with van der Waals surface area (Å²) in [7, 11) is 3.35. The minimum atomic E-state index is -0.707. The van der Waals surface area contributed by atoms with Crippen molar-refractivity contribution in [3.05, 3.63) is 65.9 Å². The van der Waals surface area contributed by atoms with E-state index < -0.39 is 5.41 Å². The lowest BCUT2D eigenvalue weighted by Crippen LogP contribution is -2.34. The monoisotopic (exact) mass is 401 g/mol. The first-order chi connectivity index (χ1) is 14.2. The molecule has 0 aliphatic carbocycles. The van der Waals surface area contributed by atoms with E-state index in [-0.39, 0.29) is 11.8 Å². The van der Waals surface area contributed by atoms with Crippen LogP contribution in [0.1, 0.15) is 35.7 Å². The molecule has 0 saturated carbocycles. The summed E-state index contributed by atoms with van der Waals surface area (Å²) >= 11 is 0. The Labute approximate surface area is 175 Å². The quantitative estimate of drug-likeness (QED) is 0.671. The number of nitrogens with zero attached hydrogens (tertiary/aromatic N) is 5. The summed E-state index contributed by atoms with van der Waals surface area (Å²) < 4.78 is 0. The van der Waals surface area contributed by atoms with Crippen LogP contribution in [0.2, 0.25) is 0 Å². The Bertz CT molecular complexity index is 1150. The molecule has 0 fully saturated rings. The van der Waals surface area contributed by atoms with Crippen LogP contribution in [0.3, 0.4) is 0 Å². The van der Waals surface area contributed by atoms with Crippen LogP contribution in [0, 0.1) is 6.92 Å². The Morgan fingerprint density at radius 1 is 1.03 bits per heavy atom. The van der Waals surface area contributed by atoms with Gasteiger partial charge in [-0.25, -0.2) is 15.0 Å². The third kappa shape index (κ3) is 3.12. The number of fused-ring (bicyclic) bond motifs is 1. The molecule has 1 aliphatic heterocycles. The molecule has 4 rings (SSSR count). The highest BCUT2D eigenvalue weighted by atomic mass is 16.2. The third-order valence-corrected chi connectivity index (χ3v) is 5.35. The van der Waals surface area contributed by atoms with Crippen LogP contribution in [0.4, 0.5) is 11.5 Å². The number of rotatable bonds is 3. The zero-order valence-corrected chi connectivity index (χ0v) is 17.7. The smallest absolute Gasteiger partial charge is 0.272 e. The van der Waals surface area contributed by atoms with Crippen LogP contribution in [0.5, 0.6) is 0 Å². The number of hydrogen-bond acceptors (Lipinski definition) is 5. The Balaban J connectivity index is 1.84. The molecule has 2 amide bonds. The first-order valence-electron chi connectivity index (χ1n) is 9.67. The van der Waals surface area contributed by atoms with E-state index in [1.54, 1.807) is 49.6 Å². The van der Waals surface area contributed by atoms with E-state index in [1.165, 1.54) is 4.90 Å². The third-order valence-electron chi connectivity index (χ3n) is 5.35. The largest absolute Gasteiger partial charge is 0.343 e. The summed E-state index contributed by atoms with van der Waals surface area (Å²) in [5, 5.41) is 0. The van der Waals surface area contributed by atoms with Crippen molar-refractivity contribution >= 4 is 23.3 Å². The van der Waals surface area contributed by atoms with Gasteiger partial charge in [0.05, 0.1) is 11.1 Å². The van der Waals surface area contributed by atoms with Crippen molar-refractivity contribution in [3.63, 3.8) is 0 Å². The van der Waals surface area contributed by atoms with Crippen LogP contribution in [0.25, 0.3) is 11.1 Å². The molecule has 7 heteroatoms. The SMILES string of the molecule is Cc1ncc(-c2ccc3c(c2)N(c2cccc(C(=O)N(C)C)n2)C(=O)C3(C)C)cn1. The molecule has 30 heavy (non-hydrogen) atoms. The number of aryl methyl sites for hydroxylation is 1. The van der Waals surface area contributed by atoms with E-state index in [1.807, 2.05) is 39.0 Å². The van der Waals surface area contributed by atoms with E-state index in [9.17, 15) is 9.59 Å². The predicted molar refractivity (Wildman–Crippen MR) is 115 cm³/mol. The predicted octanol–water partition coefficient (Wildman–Crippen LogP) is 3.50. The Hall–Kier alpha value is -3.61. The summed E-state index contributed by atoms with van der Waals surface area (Å²) in [6, 6.07) is 11.0. The van der Waals surface area contributed by atoms with Gasteiger partial charge in [0.25, 0.3) is 5.91 Å². The maximum Gasteiger partial charge on any atom is 0.272 e. The zero-order chi connectivity index (χ0) is 21.6. The molecule has 0 unspecified atom stereocenters. The molecule has 0 N–H and O–H groups in total. The summed E-state index contributed by atoms with van der Waals surface area (Å²) in [5.41, 5.74) is 3.02. The zero-order valence-electron chi connectivity index (χ0n) is 17.7. The maximum atomic E-state index is 13.4. The first-order valence-corrected chi connectivity index (χ1v) is 9.67. The van der Waals surface area contributed by atoms with Gasteiger partial charge < -0.3 is 4.90 Å². The summed E-state index contributed by atoms with van der Waals surface area (Å²) in [4.78, 5) is 41.8. The molecule has 0 radical (unpaired) electrons. The van der Waals surface area contributed by atoms with E-state index in [4.69, 9.17) is 0 Å². The van der Waals surface area contributed by atoms with E-state index in [0.29, 0.717) is 17.3 Å². The Kier molecular flexibility index (Phi) is 4.61. The minimum absolute atomic E-state index is 0.0863. The van der Waals surface area contributed by atoms with Crippen molar-refractivity contribution < 1.29 is 9.59 Å². The summed E-state index contributed by atoms with van der Waals surface area (Å²) in [5.74, 6) is 0.826. The van der Waals surface area contributed by atoms with Crippen molar-refractivity contribution in [3.8, 4) is 11.1 Å². The molecule has 1 aliphatic rings. The molecule has 0 saturated heterocycles. The lowest BCUT2D eigenvalue weighted by molar-refractivity contribution is -0.121. The van der Waals surface area contributed by atoms with E-state index in [2.05, 4.69) is 15.0 Å². The molecular formula is C23H23N5O2. The Morgan fingerprint density at radius 3 is 2.40 bits per heavy atom. The summed E-state index contributed by atoms with van der Waals surface area (Å²) in [6.07, 6.45) is 3.54. The fourth-order valence-corrected chi connectivity index (χ4v) is 3.59. The van der Waals surface area contributed by atoms with Gasteiger partial charge in [-0.2, -0.15) is 0 Å². The van der Waals surface area contributed by atoms with Crippen LogP contribution < -0.4 is 4.90 Å². The number of benzene rings is 1. The molecular weight excluding hydrogens is 378 g/mol. The Morgan fingerprint density at radius 2 is 1.73 bits per heavy atom. The number of amides is 2. The van der Waals surface area contributed by atoms with Gasteiger partial charge >= 0.3 is 0 Å². The standard InChI is InChI=1S/C23H23N5O2/c1-14-24-12-16(13-25-14)15-9-10-17-19(11-15)28(22(30)23(17,2)3)20-8-6-7-18(26-20)21(29)27(4)5/h6-13H,1-5H3. The fraction of sp³-hybridized carbons (Fsp3) is 0.261. The van der Waals surface area contributed by atoms with Crippen molar-refractivity contribution in [1.29, 1.82) is 0 Å². The van der Waals surface area contributed by atoms with Crippen molar-refractivity contribution in [2.45, 2.75) is 26.2 Å². The number of hydrogen-bond donors (Lipinski definition) is 0. The van der Waals surface area contributed by atoms with E-state index in [0.717, 1.165) is 22.4 Å². The van der Waals surface area contributed by atoms with Crippen LogP contribution >= 0.6 is 0 Å². The van der Waals surface area contributed by atoms with Crippen LogP contribution in [-0.4, -0.2) is 45.8 Å². The van der Waals surface area contributed by atoms with Gasteiger partial charge in [0.1, 0.15) is 17.3 Å². The van der Waals surface area contributed by atoms with Gasteiger partial charge in [-0.1, -0.05) is 18.2 Å². The highest BCUT2D eigenvalue weighted by Gasteiger charge is 2.45. The van der Waals surface area contributed by atoms with Gasteiger partial charge in [0, 0.05) is 32.1 Å². The number of carbonyl (C=O) groups is 2. The molecule has 1 aromatic carbocycles. The average molecular weight is 401 g/mol. The molecule has 0 spiro atoms. The maximum absolute atomic E-state index is 13.4. The lowest BCUT2D eigenvalue weighted by atomic mass is 9.85. The second-order valence-corrected chi connectivity index (χ2v) is 8.10. The highest BCUT2D eigenvalue weighted by Crippen LogP contribution is 2.46. The molecule has 0 bridgehead atoms. The van der Waals surface area contributed by atoms with Crippen LogP contribution in [-0.2, 0) is 10.2 Å². The van der Waals surface area contributed by atoms with Gasteiger partial charge in [0.2, 0.25) is 5.91 Å². The number of pyridine rings is 1. The topological polar surface area (TPSA) is 79.3 Å². The minimum Gasteiger partial charge on any atom is -0.343 e. The molecule has 0 atom stereocenters. The van der Waals surface area contributed by atoms with Gasteiger partial charge in [-0.3, -0.25) is 14.5 Å². The number of aromatic nitrogens is 3. The second kappa shape index (κ2) is 7.02. The van der Waals surface area contributed by atoms with Crippen molar-refractivity contribution in [2.75, 3.05) is 19.0 Å². The molecule has 3 heterocycles. The molecule has 7 nitrogen and oxygen atoms in total. The number of carbonyl (C=O) groups excluding carboxylic acids is 2. The molecule has 2 aromatic heterocycles. The number of anilines is 2. The molecule has 3 aromatic rings. The lowest BCUT2D eigenvalue weighted by Gasteiger charge is -2.20. The van der Waals surface area contributed by atoms with Gasteiger partial charge in [-0.15, -0.1) is 0 Å². The van der Waals surface area contributed by atoms with E-state index >= 15 is 0 Å². The highest BCUT2D eigenvalue weighted by molar-refractivity contribution is 6.12. The van der Waals surface area contributed by atoms with Crippen molar-refractivity contribution in [2.24, 2.45) is 0 Å². The van der Waals surface area contributed by atoms with Crippen LogP contribution in [0.15, 0.2) is 48.8 Å². The normalized spacial score (nSPS) is 14.6.